The van der Waals surface area contributed by atoms with Gasteiger partial charge in [-0.15, -0.1) is 0 Å². The normalized spacial score (nSPS) is 39.8. The molecule has 0 radical (unpaired) electrons. The van der Waals surface area contributed by atoms with Gasteiger partial charge in [-0.05, 0) is 26.2 Å². The monoisotopic (exact) mass is 156 g/mol. The van der Waals surface area contributed by atoms with Crippen molar-refractivity contribution in [2.45, 2.75) is 44.4 Å². The summed E-state index contributed by atoms with van der Waals surface area (Å²) in [6.07, 6.45) is 4.60. The Labute approximate surface area is 67.5 Å². The van der Waals surface area contributed by atoms with Gasteiger partial charge in [-0.2, -0.15) is 0 Å². The maximum absolute atomic E-state index is 5.74. The highest BCUT2D eigenvalue weighted by molar-refractivity contribution is 4.83. The van der Waals surface area contributed by atoms with Crippen LogP contribution in [0, 0.1) is 0 Å². The fraction of sp³-hybridized carbons (Fsp3) is 1.00. The molecule has 1 saturated carbocycles. The molecule has 0 aromatic heterocycles. The lowest BCUT2D eigenvalue weighted by molar-refractivity contribution is 0.0461. The van der Waals surface area contributed by atoms with E-state index in [2.05, 4.69) is 6.92 Å². The molecule has 0 unspecified atom stereocenters. The highest BCUT2D eigenvalue weighted by Gasteiger charge is 2.32. The predicted molar refractivity (Wildman–Crippen MR) is 42.9 cm³/mol. The highest BCUT2D eigenvalue weighted by atomic mass is 16.5. The second-order valence-corrected chi connectivity index (χ2v) is 3.74. The fourth-order valence-electron chi connectivity index (χ4n) is 1.58. The van der Waals surface area contributed by atoms with Crippen LogP contribution >= 0.6 is 0 Å². The SMILES string of the molecule is C[C@@H]1C[C@H](OC2CC2)CN1N. The molecule has 2 aliphatic rings. The minimum atomic E-state index is 0.405. The first kappa shape index (κ1) is 7.53. The number of nitrogens with two attached hydrogens (primary N) is 1. The van der Waals surface area contributed by atoms with Gasteiger partial charge in [0.05, 0.1) is 12.2 Å². The van der Waals surface area contributed by atoms with Gasteiger partial charge >= 0.3 is 0 Å². The Kier molecular flexibility index (Phi) is 1.87. The molecule has 0 amide bonds. The Hall–Kier alpha value is -0.120. The van der Waals surface area contributed by atoms with E-state index in [1.807, 2.05) is 5.01 Å². The van der Waals surface area contributed by atoms with Crippen molar-refractivity contribution in [3.63, 3.8) is 0 Å². The number of hydrazine groups is 1. The molecule has 3 heteroatoms. The zero-order chi connectivity index (χ0) is 7.84. The summed E-state index contributed by atoms with van der Waals surface area (Å²) in [7, 11) is 0. The summed E-state index contributed by atoms with van der Waals surface area (Å²) in [5, 5.41) is 1.88. The summed E-state index contributed by atoms with van der Waals surface area (Å²) in [4.78, 5) is 0. The van der Waals surface area contributed by atoms with Crippen LogP contribution < -0.4 is 5.84 Å². The number of hydrogen-bond donors (Lipinski definition) is 1. The average Bonchev–Trinajstić information content (AvgIpc) is 2.65. The van der Waals surface area contributed by atoms with Crippen LogP contribution in [0.4, 0.5) is 0 Å². The van der Waals surface area contributed by atoms with Crippen molar-refractivity contribution in [3.8, 4) is 0 Å². The van der Waals surface area contributed by atoms with E-state index in [9.17, 15) is 0 Å². The summed E-state index contributed by atoms with van der Waals surface area (Å²) < 4.78 is 5.74. The molecular formula is C8H16N2O. The Morgan fingerprint density at radius 3 is 2.55 bits per heavy atom. The van der Waals surface area contributed by atoms with Crippen molar-refractivity contribution in [3.05, 3.63) is 0 Å². The molecule has 1 aliphatic heterocycles. The molecule has 11 heavy (non-hydrogen) atoms. The van der Waals surface area contributed by atoms with Gasteiger partial charge in [0.25, 0.3) is 0 Å². The van der Waals surface area contributed by atoms with E-state index < -0.39 is 0 Å². The van der Waals surface area contributed by atoms with E-state index in [-0.39, 0.29) is 0 Å². The zero-order valence-electron chi connectivity index (χ0n) is 6.99. The first-order valence-electron chi connectivity index (χ1n) is 4.42. The van der Waals surface area contributed by atoms with Crippen LogP contribution in [0.3, 0.4) is 0 Å². The molecule has 0 aromatic carbocycles. The Morgan fingerprint density at radius 1 is 1.36 bits per heavy atom. The summed E-state index contributed by atoms with van der Waals surface area (Å²) in [5.41, 5.74) is 0. The standard InChI is InChI=1S/C8H16N2O/c1-6-4-8(5-10(6)9)11-7-2-3-7/h6-8H,2-5,9H2,1H3/t6-,8+/m1/s1. The van der Waals surface area contributed by atoms with Crippen LogP contribution in [0.1, 0.15) is 26.2 Å². The molecule has 3 nitrogen and oxygen atoms in total. The van der Waals surface area contributed by atoms with Crippen LogP contribution in [-0.2, 0) is 4.74 Å². The quantitative estimate of drug-likeness (QED) is 0.592. The van der Waals surface area contributed by atoms with Crippen LogP contribution in [-0.4, -0.2) is 29.8 Å². The largest absolute Gasteiger partial charge is 0.374 e. The lowest BCUT2D eigenvalue weighted by Gasteiger charge is -2.12. The summed E-state index contributed by atoms with van der Waals surface area (Å²) >= 11 is 0. The number of nitrogens with zero attached hydrogens (tertiary/aromatic N) is 1. The summed E-state index contributed by atoms with van der Waals surface area (Å²) in [5.74, 6) is 5.72. The van der Waals surface area contributed by atoms with E-state index in [1.165, 1.54) is 12.8 Å². The van der Waals surface area contributed by atoms with Crippen molar-refractivity contribution >= 4 is 0 Å². The van der Waals surface area contributed by atoms with Crippen molar-refractivity contribution in [1.29, 1.82) is 0 Å². The van der Waals surface area contributed by atoms with Gasteiger partial charge in [-0.25, -0.2) is 5.01 Å². The number of ether oxygens (including phenoxy) is 1. The van der Waals surface area contributed by atoms with Gasteiger partial charge in [0.1, 0.15) is 0 Å². The van der Waals surface area contributed by atoms with Crippen LogP contribution in [0.15, 0.2) is 0 Å². The second kappa shape index (κ2) is 2.73. The summed E-state index contributed by atoms with van der Waals surface area (Å²) in [6, 6.07) is 0.499. The molecule has 2 rings (SSSR count). The molecule has 1 aliphatic carbocycles. The van der Waals surface area contributed by atoms with Gasteiger partial charge in [-0.3, -0.25) is 5.84 Å². The molecule has 1 heterocycles. The topological polar surface area (TPSA) is 38.5 Å². The lowest BCUT2D eigenvalue weighted by atomic mass is 10.2. The molecular weight excluding hydrogens is 140 g/mol. The maximum atomic E-state index is 5.74. The molecule has 2 fully saturated rings. The first-order valence-corrected chi connectivity index (χ1v) is 4.42. The predicted octanol–water partition coefficient (Wildman–Crippen LogP) is 0.502. The van der Waals surface area contributed by atoms with Gasteiger partial charge in [-0.1, -0.05) is 0 Å². The second-order valence-electron chi connectivity index (χ2n) is 3.74. The Morgan fingerprint density at radius 2 is 2.09 bits per heavy atom. The van der Waals surface area contributed by atoms with Crippen molar-refractivity contribution in [2.75, 3.05) is 6.54 Å². The Balaban J connectivity index is 1.78. The van der Waals surface area contributed by atoms with E-state index in [0.29, 0.717) is 18.2 Å². The third-order valence-electron chi connectivity index (χ3n) is 2.49. The van der Waals surface area contributed by atoms with E-state index in [0.717, 1.165) is 13.0 Å². The van der Waals surface area contributed by atoms with Crippen LogP contribution in [0.25, 0.3) is 0 Å². The average molecular weight is 156 g/mol. The molecule has 2 N–H and O–H groups in total. The van der Waals surface area contributed by atoms with Crippen molar-refractivity contribution in [1.82, 2.24) is 5.01 Å². The van der Waals surface area contributed by atoms with Crippen LogP contribution in [0.2, 0.25) is 0 Å². The molecule has 2 atom stereocenters. The van der Waals surface area contributed by atoms with Gasteiger partial charge in [0.2, 0.25) is 0 Å². The van der Waals surface area contributed by atoms with Crippen molar-refractivity contribution < 1.29 is 4.74 Å². The molecule has 1 saturated heterocycles. The first-order chi connectivity index (χ1) is 5.25. The minimum Gasteiger partial charge on any atom is -0.374 e. The highest BCUT2D eigenvalue weighted by Crippen LogP contribution is 2.28. The van der Waals surface area contributed by atoms with Gasteiger partial charge in [0.15, 0.2) is 0 Å². The molecule has 64 valence electrons. The fourth-order valence-corrected chi connectivity index (χ4v) is 1.58. The minimum absolute atomic E-state index is 0.405. The summed E-state index contributed by atoms with van der Waals surface area (Å²) in [6.45, 7) is 3.06. The van der Waals surface area contributed by atoms with Gasteiger partial charge in [0, 0.05) is 12.6 Å². The van der Waals surface area contributed by atoms with E-state index in [1.54, 1.807) is 0 Å². The molecule has 0 spiro atoms. The lowest BCUT2D eigenvalue weighted by Crippen LogP contribution is -2.34. The zero-order valence-corrected chi connectivity index (χ0v) is 6.99. The van der Waals surface area contributed by atoms with Crippen molar-refractivity contribution in [2.24, 2.45) is 5.84 Å². The third kappa shape index (κ3) is 1.72. The molecule has 0 aromatic rings. The third-order valence-corrected chi connectivity index (χ3v) is 2.49. The molecule has 0 bridgehead atoms. The number of hydrogen-bond acceptors (Lipinski definition) is 3. The Bertz CT molecular complexity index is 134. The van der Waals surface area contributed by atoms with E-state index in [4.69, 9.17) is 10.6 Å². The maximum Gasteiger partial charge on any atom is 0.0735 e. The van der Waals surface area contributed by atoms with E-state index >= 15 is 0 Å². The smallest absolute Gasteiger partial charge is 0.0735 e. The van der Waals surface area contributed by atoms with Crippen LogP contribution in [0.5, 0.6) is 0 Å². The van der Waals surface area contributed by atoms with Gasteiger partial charge < -0.3 is 4.74 Å². The number of rotatable bonds is 2.